The van der Waals surface area contributed by atoms with Crippen LogP contribution in [0.25, 0.3) is 11.3 Å². The molecule has 1 aliphatic heterocycles. The number of rotatable bonds is 4. The molecular weight excluding hydrogens is 308 g/mol. The van der Waals surface area contributed by atoms with Crippen molar-refractivity contribution in [2.45, 2.75) is 0 Å². The number of dihydropyridines is 1. The molecule has 0 radical (unpaired) electrons. The predicted octanol–water partition coefficient (Wildman–Crippen LogP) is 4.90. The zero-order valence-electron chi connectivity index (χ0n) is 13.7. The number of hydrogen-bond acceptors (Lipinski definition) is 3. The van der Waals surface area contributed by atoms with Crippen molar-refractivity contribution < 1.29 is 4.74 Å². The summed E-state index contributed by atoms with van der Waals surface area (Å²) in [5.74, 6) is 1.54. The van der Waals surface area contributed by atoms with Gasteiger partial charge < -0.3 is 10.1 Å². The van der Waals surface area contributed by atoms with Crippen LogP contribution in [0.15, 0.2) is 91.3 Å². The van der Waals surface area contributed by atoms with Crippen LogP contribution in [0, 0.1) is 0 Å². The summed E-state index contributed by atoms with van der Waals surface area (Å²) < 4.78 is 6.04. The van der Waals surface area contributed by atoms with Gasteiger partial charge in [0, 0.05) is 24.0 Å². The number of pyridine rings is 1. The molecular formula is C22H18N2O. The highest BCUT2D eigenvalue weighted by Gasteiger charge is 2.13. The zero-order chi connectivity index (χ0) is 16.9. The fourth-order valence-electron chi connectivity index (χ4n) is 2.85. The van der Waals surface area contributed by atoms with Crippen molar-refractivity contribution in [2.75, 3.05) is 6.54 Å². The quantitative estimate of drug-likeness (QED) is 0.740. The highest BCUT2D eigenvalue weighted by atomic mass is 16.5. The average Bonchev–Trinajstić information content (AvgIpc) is 2.70. The summed E-state index contributed by atoms with van der Waals surface area (Å²) in [4.78, 5) is 4.11. The Balaban J connectivity index is 1.68. The van der Waals surface area contributed by atoms with Crippen molar-refractivity contribution in [3.63, 3.8) is 0 Å². The van der Waals surface area contributed by atoms with Gasteiger partial charge in [0.05, 0.1) is 6.20 Å². The van der Waals surface area contributed by atoms with Crippen LogP contribution < -0.4 is 10.1 Å². The van der Waals surface area contributed by atoms with E-state index in [1.165, 1.54) is 11.1 Å². The summed E-state index contributed by atoms with van der Waals surface area (Å²) in [7, 11) is 0. The van der Waals surface area contributed by atoms with Crippen molar-refractivity contribution in [1.29, 1.82) is 0 Å². The molecule has 2 aromatic carbocycles. The molecule has 25 heavy (non-hydrogen) atoms. The lowest BCUT2D eigenvalue weighted by Crippen LogP contribution is -2.16. The second-order valence-corrected chi connectivity index (χ2v) is 5.75. The van der Waals surface area contributed by atoms with Crippen LogP contribution in [0.4, 0.5) is 0 Å². The van der Waals surface area contributed by atoms with E-state index in [0.29, 0.717) is 0 Å². The lowest BCUT2D eigenvalue weighted by atomic mass is 9.99. The molecule has 0 saturated heterocycles. The smallest absolute Gasteiger partial charge is 0.145 e. The lowest BCUT2D eigenvalue weighted by molar-refractivity contribution is 0.478. The number of para-hydroxylation sites is 1. The van der Waals surface area contributed by atoms with Crippen molar-refractivity contribution in [2.24, 2.45) is 0 Å². The number of nitrogens with one attached hydrogen (secondary N) is 1. The van der Waals surface area contributed by atoms with E-state index in [1.807, 2.05) is 36.4 Å². The molecule has 0 amide bonds. The van der Waals surface area contributed by atoms with E-state index < -0.39 is 0 Å². The highest BCUT2D eigenvalue weighted by molar-refractivity contribution is 5.86. The van der Waals surface area contributed by atoms with E-state index in [9.17, 15) is 0 Å². The standard InChI is InChI=1S/C22H18N2O/c1-2-7-17(8-3-1)18-12-14-24-21(15-18)20-10-4-5-11-22(20)25-19-9-6-13-23-16-19/h1-13,15-16,24H,14H2. The molecule has 1 N–H and O–H groups in total. The van der Waals surface area contributed by atoms with Gasteiger partial charge in [-0.25, -0.2) is 0 Å². The van der Waals surface area contributed by atoms with Crippen LogP contribution in [0.3, 0.4) is 0 Å². The first-order chi connectivity index (χ1) is 12.4. The van der Waals surface area contributed by atoms with E-state index >= 15 is 0 Å². The first-order valence-electron chi connectivity index (χ1n) is 8.28. The Kier molecular flexibility index (Phi) is 4.29. The molecule has 0 bridgehead atoms. The summed E-state index contributed by atoms with van der Waals surface area (Å²) in [6, 6.07) is 22.2. The van der Waals surface area contributed by atoms with Gasteiger partial charge in [-0.1, -0.05) is 48.5 Å². The average molecular weight is 326 g/mol. The zero-order valence-corrected chi connectivity index (χ0v) is 13.7. The van der Waals surface area contributed by atoms with E-state index in [0.717, 1.165) is 29.3 Å². The first kappa shape index (κ1) is 15.2. The monoisotopic (exact) mass is 326 g/mol. The Hall–Kier alpha value is -3.33. The molecule has 3 nitrogen and oxygen atoms in total. The molecule has 0 atom stereocenters. The topological polar surface area (TPSA) is 34.1 Å². The molecule has 1 aliphatic rings. The van der Waals surface area contributed by atoms with Gasteiger partial charge in [-0.3, -0.25) is 4.98 Å². The van der Waals surface area contributed by atoms with Gasteiger partial charge in [-0.15, -0.1) is 0 Å². The Morgan fingerprint density at radius 2 is 1.72 bits per heavy atom. The molecule has 122 valence electrons. The lowest BCUT2D eigenvalue weighted by Gasteiger charge is -2.19. The highest BCUT2D eigenvalue weighted by Crippen LogP contribution is 2.31. The second-order valence-electron chi connectivity index (χ2n) is 5.75. The SMILES string of the molecule is C1=C(c2ccccc2)C=C(c2ccccc2Oc2cccnc2)NC1. The van der Waals surface area contributed by atoms with Gasteiger partial charge in [0.1, 0.15) is 11.5 Å². The van der Waals surface area contributed by atoms with E-state index in [1.54, 1.807) is 12.4 Å². The third-order valence-corrected chi connectivity index (χ3v) is 4.06. The number of ether oxygens (including phenoxy) is 1. The van der Waals surface area contributed by atoms with Crippen molar-refractivity contribution in [3.05, 3.63) is 102 Å². The number of allylic oxidation sites excluding steroid dienone is 2. The first-order valence-corrected chi connectivity index (χ1v) is 8.28. The number of nitrogens with zero attached hydrogens (tertiary/aromatic N) is 1. The Morgan fingerprint density at radius 1 is 0.880 bits per heavy atom. The summed E-state index contributed by atoms with van der Waals surface area (Å²) in [5.41, 5.74) is 4.52. The van der Waals surface area contributed by atoms with E-state index in [4.69, 9.17) is 4.74 Å². The van der Waals surface area contributed by atoms with Gasteiger partial charge >= 0.3 is 0 Å². The van der Waals surface area contributed by atoms with E-state index in [-0.39, 0.29) is 0 Å². The molecule has 0 saturated carbocycles. The van der Waals surface area contributed by atoms with Gasteiger partial charge in [0.25, 0.3) is 0 Å². The molecule has 1 aromatic heterocycles. The molecule has 3 aromatic rings. The maximum absolute atomic E-state index is 6.04. The van der Waals surface area contributed by atoms with Crippen LogP contribution in [0.5, 0.6) is 11.5 Å². The molecule has 3 heteroatoms. The van der Waals surface area contributed by atoms with Crippen molar-refractivity contribution in [1.82, 2.24) is 10.3 Å². The molecule has 0 unspecified atom stereocenters. The summed E-state index contributed by atoms with van der Waals surface area (Å²) >= 11 is 0. The van der Waals surface area contributed by atoms with Crippen LogP contribution in [0.2, 0.25) is 0 Å². The second kappa shape index (κ2) is 7.05. The van der Waals surface area contributed by atoms with Crippen molar-refractivity contribution >= 4 is 11.3 Å². The van der Waals surface area contributed by atoms with Gasteiger partial charge in [0.2, 0.25) is 0 Å². The number of aromatic nitrogens is 1. The molecule has 0 spiro atoms. The van der Waals surface area contributed by atoms with Crippen LogP contribution in [0.1, 0.15) is 11.1 Å². The third-order valence-electron chi connectivity index (χ3n) is 4.06. The minimum atomic E-state index is 0.727. The van der Waals surface area contributed by atoms with Gasteiger partial charge in [-0.2, -0.15) is 0 Å². The predicted molar refractivity (Wildman–Crippen MR) is 101 cm³/mol. The minimum absolute atomic E-state index is 0.727. The Bertz CT molecular complexity index is 915. The summed E-state index contributed by atoms with van der Waals surface area (Å²) in [6.07, 6.45) is 7.82. The Labute approximate surface area is 147 Å². The third kappa shape index (κ3) is 3.45. The van der Waals surface area contributed by atoms with Crippen LogP contribution in [-0.4, -0.2) is 11.5 Å². The maximum atomic E-state index is 6.04. The van der Waals surface area contributed by atoms with Crippen molar-refractivity contribution in [3.8, 4) is 11.5 Å². The number of benzene rings is 2. The largest absolute Gasteiger partial charge is 0.455 e. The fourth-order valence-corrected chi connectivity index (χ4v) is 2.85. The summed E-state index contributed by atoms with van der Waals surface area (Å²) in [6.45, 7) is 0.789. The van der Waals surface area contributed by atoms with E-state index in [2.05, 4.69) is 52.8 Å². The maximum Gasteiger partial charge on any atom is 0.145 e. The van der Waals surface area contributed by atoms with Crippen LogP contribution >= 0.6 is 0 Å². The Morgan fingerprint density at radius 3 is 2.56 bits per heavy atom. The van der Waals surface area contributed by atoms with Crippen LogP contribution in [-0.2, 0) is 0 Å². The van der Waals surface area contributed by atoms with Gasteiger partial charge in [0.15, 0.2) is 0 Å². The summed E-state index contributed by atoms with van der Waals surface area (Å²) in [5, 5.41) is 3.45. The number of hydrogen-bond donors (Lipinski definition) is 1. The minimum Gasteiger partial charge on any atom is -0.455 e. The van der Waals surface area contributed by atoms with Gasteiger partial charge in [-0.05, 0) is 41.5 Å². The molecule has 4 rings (SSSR count). The fraction of sp³-hybridized carbons (Fsp3) is 0.0455. The molecule has 0 fully saturated rings. The molecule has 0 aliphatic carbocycles. The normalized spacial score (nSPS) is 13.4. The molecule has 2 heterocycles.